The quantitative estimate of drug-likeness (QED) is 0.855. The lowest BCUT2D eigenvalue weighted by Gasteiger charge is -2.05. The predicted molar refractivity (Wildman–Crippen MR) is 66.0 cm³/mol. The van der Waals surface area contributed by atoms with Gasteiger partial charge < -0.3 is 10.4 Å². The third-order valence-electron chi connectivity index (χ3n) is 2.39. The zero-order valence-electron chi connectivity index (χ0n) is 9.92. The molecule has 1 aromatic heterocycles. The van der Waals surface area contributed by atoms with Gasteiger partial charge in [-0.2, -0.15) is 0 Å². The first-order valence-electron chi connectivity index (χ1n) is 5.51. The van der Waals surface area contributed by atoms with E-state index >= 15 is 0 Å². The van der Waals surface area contributed by atoms with Gasteiger partial charge in [-0.3, -0.25) is 4.79 Å². The second kappa shape index (κ2) is 5.27. The van der Waals surface area contributed by atoms with Crippen molar-refractivity contribution in [2.75, 3.05) is 0 Å². The summed E-state index contributed by atoms with van der Waals surface area (Å²) in [5, 5.41) is 11.9. The Morgan fingerprint density at radius 1 is 1.28 bits per heavy atom. The van der Waals surface area contributed by atoms with Crippen molar-refractivity contribution in [3.05, 3.63) is 53.6 Å². The van der Waals surface area contributed by atoms with Crippen molar-refractivity contribution in [3.8, 4) is 5.75 Å². The molecule has 0 spiro atoms. The topological polar surface area (TPSA) is 75.1 Å². The summed E-state index contributed by atoms with van der Waals surface area (Å²) < 4.78 is 0. The van der Waals surface area contributed by atoms with Crippen LogP contribution in [-0.2, 0) is 6.54 Å². The Bertz CT molecular complexity index is 552. The smallest absolute Gasteiger partial charge is 0.251 e. The Balaban J connectivity index is 1.98. The lowest BCUT2D eigenvalue weighted by molar-refractivity contribution is 0.0950. The van der Waals surface area contributed by atoms with Gasteiger partial charge in [0.15, 0.2) is 0 Å². The van der Waals surface area contributed by atoms with Crippen molar-refractivity contribution in [1.82, 2.24) is 15.3 Å². The molecule has 2 rings (SSSR count). The Morgan fingerprint density at radius 2 is 2.00 bits per heavy atom. The summed E-state index contributed by atoms with van der Waals surface area (Å²) in [6, 6.07) is 7.84. The first kappa shape index (κ1) is 12.0. The van der Waals surface area contributed by atoms with Gasteiger partial charge in [0.1, 0.15) is 11.6 Å². The number of rotatable bonds is 3. The van der Waals surface area contributed by atoms with E-state index in [9.17, 15) is 4.79 Å². The van der Waals surface area contributed by atoms with Gasteiger partial charge in [0, 0.05) is 11.8 Å². The summed E-state index contributed by atoms with van der Waals surface area (Å²) in [5.74, 6) is 0.607. The molecule has 2 aromatic rings. The summed E-state index contributed by atoms with van der Waals surface area (Å²) in [4.78, 5) is 19.9. The number of hydrogen-bond acceptors (Lipinski definition) is 4. The Hall–Kier alpha value is -2.43. The number of aromatic hydroxyl groups is 1. The highest BCUT2D eigenvalue weighted by Crippen LogP contribution is 2.09. The van der Waals surface area contributed by atoms with Gasteiger partial charge in [-0.1, -0.05) is 0 Å². The number of phenols is 1. The van der Waals surface area contributed by atoms with Crippen LogP contribution in [0.25, 0.3) is 0 Å². The normalized spacial score (nSPS) is 10.1. The van der Waals surface area contributed by atoms with E-state index in [1.807, 2.05) is 0 Å². The number of amides is 1. The molecule has 0 bridgehead atoms. The monoisotopic (exact) mass is 243 g/mol. The van der Waals surface area contributed by atoms with Gasteiger partial charge in [-0.25, -0.2) is 9.97 Å². The molecule has 0 fully saturated rings. The van der Waals surface area contributed by atoms with Crippen LogP contribution < -0.4 is 5.32 Å². The third-order valence-corrected chi connectivity index (χ3v) is 2.39. The van der Waals surface area contributed by atoms with E-state index in [0.29, 0.717) is 17.9 Å². The van der Waals surface area contributed by atoms with Crippen molar-refractivity contribution in [2.45, 2.75) is 13.5 Å². The molecule has 1 heterocycles. The van der Waals surface area contributed by atoms with Gasteiger partial charge in [-0.05, 0) is 37.3 Å². The lowest BCUT2D eigenvalue weighted by atomic mass is 10.2. The summed E-state index contributed by atoms with van der Waals surface area (Å²) in [7, 11) is 0. The lowest BCUT2D eigenvalue weighted by Crippen LogP contribution is -2.23. The van der Waals surface area contributed by atoms with Crippen LogP contribution in [0.15, 0.2) is 36.5 Å². The van der Waals surface area contributed by atoms with Gasteiger partial charge in [0.25, 0.3) is 5.91 Å². The van der Waals surface area contributed by atoms with Crippen LogP contribution in [-0.4, -0.2) is 21.0 Å². The second-order valence-electron chi connectivity index (χ2n) is 3.82. The molecule has 0 saturated carbocycles. The van der Waals surface area contributed by atoms with E-state index in [2.05, 4.69) is 15.3 Å². The molecule has 0 radical (unpaired) electrons. The van der Waals surface area contributed by atoms with Gasteiger partial charge in [-0.15, -0.1) is 0 Å². The largest absolute Gasteiger partial charge is 0.508 e. The van der Waals surface area contributed by atoms with Crippen LogP contribution in [0.1, 0.15) is 21.9 Å². The molecule has 1 aromatic carbocycles. The number of nitrogens with one attached hydrogen (secondary N) is 1. The van der Waals surface area contributed by atoms with Crippen molar-refractivity contribution >= 4 is 5.91 Å². The van der Waals surface area contributed by atoms with E-state index in [1.165, 1.54) is 12.1 Å². The maximum atomic E-state index is 11.8. The summed E-state index contributed by atoms with van der Waals surface area (Å²) in [6.45, 7) is 2.15. The second-order valence-corrected chi connectivity index (χ2v) is 3.82. The summed E-state index contributed by atoms with van der Waals surface area (Å²) >= 11 is 0. The van der Waals surface area contributed by atoms with Crippen LogP contribution in [0.5, 0.6) is 5.75 Å². The molecule has 0 aliphatic heterocycles. The summed E-state index contributed by atoms with van der Waals surface area (Å²) in [6.07, 6.45) is 1.66. The van der Waals surface area contributed by atoms with Crippen molar-refractivity contribution < 1.29 is 9.90 Å². The Labute approximate surface area is 105 Å². The van der Waals surface area contributed by atoms with Crippen molar-refractivity contribution in [2.24, 2.45) is 0 Å². The number of aromatic nitrogens is 2. The van der Waals surface area contributed by atoms with Crippen molar-refractivity contribution in [1.29, 1.82) is 0 Å². The number of nitrogens with zero attached hydrogens (tertiary/aromatic N) is 2. The highest BCUT2D eigenvalue weighted by molar-refractivity contribution is 5.94. The average Bonchev–Trinajstić information content (AvgIpc) is 2.37. The average molecular weight is 243 g/mol. The molecule has 0 aliphatic rings. The van der Waals surface area contributed by atoms with E-state index in [1.54, 1.807) is 31.3 Å². The van der Waals surface area contributed by atoms with E-state index in [4.69, 9.17) is 5.11 Å². The molecule has 5 heteroatoms. The minimum absolute atomic E-state index is 0.137. The molecule has 0 unspecified atom stereocenters. The molecule has 18 heavy (non-hydrogen) atoms. The van der Waals surface area contributed by atoms with Crippen LogP contribution in [0, 0.1) is 6.92 Å². The molecule has 0 aliphatic carbocycles. The molecule has 0 saturated heterocycles. The molecular formula is C13H13N3O2. The fraction of sp³-hybridized carbons (Fsp3) is 0.154. The first-order chi connectivity index (χ1) is 8.65. The first-order valence-corrected chi connectivity index (χ1v) is 5.51. The standard InChI is InChI=1S/C13H13N3O2/c1-9-14-7-6-11(16-9)8-15-13(18)10-2-4-12(17)5-3-10/h2-7,17H,8H2,1H3,(H,15,18). The summed E-state index contributed by atoms with van der Waals surface area (Å²) in [5.41, 5.74) is 1.26. The Kier molecular flexibility index (Phi) is 3.52. The molecule has 1 amide bonds. The van der Waals surface area contributed by atoms with Crippen LogP contribution in [0.2, 0.25) is 0 Å². The number of phenolic OH excluding ortho intramolecular Hbond substituents is 1. The number of hydrogen-bond donors (Lipinski definition) is 2. The maximum absolute atomic E-state index is 11.8. The minimum atomic E-state index is -0.203. The van der Waals surface area contributed by atoms with Crippen molar-refractivity contribution in [3.63, 3.8) is 0 Å². The van der Waals surface area contributed by atoms with Gasteiger partial charge >= 0.3 is 0 Å². The fourth-order valence-electron chi connectivity index (χ4n) is 1.49. The third kappa shape index (κ3) is 3.04. The number of carbonyl (C=O) groups excluding carboxylic acids is 1. The zero-order chi connectivity index (χ0) is 13.0. The SMILES string of the molecule is Cc1nccc(CNC(=O)c2ccc(O)cc2)n1. The number of benzene rings is 1. The molecule has 2 N–H and O–H groups in total. The molecular weight excluding hydrogens is 230 g/mol. The molecule has 5 nitrogen and oxygen atoms in total. The van der Waals surface area contributed by atoms with E-state index < -0.39 is 0 Å². The molecule has 0 atom stereocenters. The number of carbonyl (C=O) groups is 1. The maximum Gasteiger partial charge on any atom is 0.251 e. The number of aryl methyl sites for hydroxylation is 1. The van der Waals surface area contributed by atoms with Crippen LogP contribution in [0.3, 0.4) is 0 Å². The van der Waals surface area contributed by atoms with Gasteiger partial charge in [0.2, 0.25) is 0 Å². The molecule has 92 valence electrons. The van der Waals surface area contributed by atoms with E-state index in [0.717, 1.165) is 5.69 Å². The Morgan fingerprint density at radius 3 is 2.67 bits per heavy atom. The highest BCUT2D eigenvalue weighted by atomic mass is 16.3. The van der Waals surface area contributed by atoms with Crippen LogP contribution >= 0.6 is 0 Å². The fourth-order valence-corrected chi connectivity index (χ4v) is 1.49. The highest BCUT2D eigenvalue weighted by Gasteiger charge is 2.05. The van der Waals surface area contributed by atoms with Gasteiger partial charge in [0.05, 0.1) is 12.2 Å². The zero-order valence-corrected chi connectivity index (χ0v) is 9.92. The van der Waals surface area contributed by atoms with Crippen LogP contribution in [0.4, 0.5) is 0 Å². The van der Waals surface area contributed by atoms with E-state index in [-0.39, 0.29) is 11.7 Å². The minimum Gasteiger partial charge on any atom is -0.508 e. The predicted octanol–water partition coefficient (Wildman–Crippen LogP) is 1.42.